The molecule has 4 rings (SSSR count). The SMILES string of the molecule is COc1cc(C(N)=O)ccc1NC(=O)C1CC2(C=Nc3ccccc32)CN1. The summed E-state index contributed by atoms with van der Waals surface area (Å²) < 4.78 is 5.28. The van der Waals surface area contributed by atoms with Gasteiger partial charge in [-0.25, -0.2) is 0 Å². The molecule has 0 radical (unpaired) electrons. The lowest BCUT2D eigenvalue weighted by atomic mass is 9.80. The summed E-state index contributed by atoms with van der Waals surface area (Å²) in [5.41, 5.74) is 7.97. The van der Waals surface area contributed by atoms with E-state index in [2.05, 4.69) is 21.7 Å². The van der Waals surface area contributed by atoms with Gasteiger partial charge in [0, 0.05) is 23.7 Å². The topological polar surface area (TPSA) is 106 Å². The molecule has 2 aliphatic heterocycles. The minimum Gasteiger partial charge on any atom is -0.495 e. The standard InChI is InChI=1S/C20H20N4O3/c1-27-17-8-12(18(21)25)6-7-15(17)24-19(26)16-9-20(11-23-16)10-22-14-5-3-2-4-13(14)20/h2-8,10,16,23H,9,11H2,1H3,(H2,21,25)(H,24,26). The normalized spacial score (nSPS) is 22.6. The van der Waals surface area contributed by atoms with Crippen LogP contribution in [0.25, 0.3) is 0 Å². The first kappa shape index (κ1) is 17.2. The number of primary amides is 1. The van der Waals surface area contributed by atoms with Gasteiger partial charge in [0.05, 0.1) is 24.5 Å². The Balaban J connectivity index is 1.51. The van der Waals surface area contributed by atoms with Crippen molar-refractivity contribution in [2.75, 3.05) is 19.0 Å². The van der Waals surface area contributed by atoms with Crippen LogP contribution < -0.4 is 21.1 Å². The Hall–Kier alpha value is -3.19. The summed E-state index contributed by atoms with van der Waals surface area (Å²) in [6.07, 6.45) is 2.57. The van der Waals surface area contributed by atoms with E-state index in [1.165, 1.54) is 13.2 Å². The van der Waals surface area contributed by atoms with Crippen molar-refractivity contribution in [3.05, 3.63) is 53.6 Å². The van der Waals surface area contributed by atoms with Crippen LogP contribution in [0.3, 0.4) is 0 Å². The summed E-state index contributed by atoms with van der Waals surface area (Å²) in [6, 6.07) is 12.3. The predicted molar refractivity (Wildman–Crippen MR) is 103 cm³/mol. The van der Waals surface area contributed by atoms with E-state index < -0.39 is 5.91 Å². The number of aliphatic imine (C=N–C) groups is 1. The monoisotopic (exact) mass is 364 g/mol. The number of carbonyl (C=O) groups excluding carboxylic acids is 2. The van der Waals surface area contributed by atoms with Crippen LogP contribution in [0, 0.1) is 0 Å². The fourth-order valence-electron chi connectivity index (χ4n) is 3.74. The van der Waals surface area contributed by atoms with Crippen LogP contribution in [0.2, 0.25) is 0 Å². The molecule has 2 aliphatic rings. The highest BCUT2D eigenvalue weighted by molar-refractivity contribution is 5.99. The first-order valence-electron chi connectivity index (χ1n) is 8.69. The van der Waals surface area contributed by atoms with E-state index >= 15 is 0 Å². The number of nitrogens with one attached hydrogen (secondary N) is 2. The molecule has 1 saturated heterocycles. The molecule has 1 fully saturated rings. The van der Waals surface area contributed by atoms with E-state index in [1.54, 1.807) is 12.1 Å². The maximum Gasteiger partial charge on any atom is 0.248 e. The molecule has 0 aliphatic carbocycles. The van der Waals surface area contributed by atoms with Gasteiger partial charge in [-0.05, 0) is 36.2 Å². The molecular formula is C20H20N4O3. The molecule has 2 atom stereocenters. The molecule has 2 unspecified atom stereocenters. The molecule has 0 bridgehead atoms. The minimum atomic E-state index is -0.551. The number of ether oxygens (including phenoxy) is 1. The van der Waals surface area contributed by atoms with Crippen molar-refractivity contribution in [2.24, 2.45) is 10.7 Å². The summed E-state index contributed by atoms with van der Waals surface area (Å²) in [5, 5.41) is 6.18. The second-order valence-corrected chi connectivity index (χ2v) is 6.84. The Morgan fingerprint density at radius 1 is 1.30 bits per heavy atom. The van der Waals surface area contributed by atoms with Crippen LogP contribution in [0.1, 0.15) is 22.3 Å². The number of rotatable bonds is 4. The number of carbonyl (C=O) groups is 2. The second kappa shape index (κ2) is 6.51. The molecule has 7 heteroatoms. The van der Waals surface area contributed by atoms with Gasteiger partial charge in [-0.15, -0.1) is 0 Å². The Morgan fingerprint density at radius 3 is 2.89 bits per heavy atom. The van der Waals surface area contributed by atoms with Crippen molar-refractivity contribution in [1.82, 2.24) is 5.32 Å². The van der Waals surface area contributed by atoms with Gasteiger partial charge in [0.15, 0.2) is 0 Å². The number of methoxy groups -OCH3 is 1. The fraction of sp³-hybridized carbons (Fsp3) is 0.250. The third-order valence-electron chi connectivity index (χ3n) is 5.18. The number of fused-ring (bicyclic) bond motifs is 2. The molecule has 2 amide bonds. The highest BCUT2D eigenvalue weighted by Crippen LogP contribution is 2.42. The number of hydrogen-bond donors (Lipinski definition) is 3. The van der Waals surface area contributed by atoms with E-state index in [0.717, 1.165) is 11.3 Å². The Bertz CT molecular complexity index is 956. The van der Waals surface area contributed by atoms with Crippen LogP contribution in [-0.2, 0) is 10.2 Å². The Labute approximate surface area is 156 Å². The molecule has 4 N–H and O–H groups in total. The highest BCUT2D eigenvalue weighted by Gasteiger charge is 2.45. The van der Waals surface area contributed by atoms with Crippen LogP contribution in [0.5, 0.6) is 5.75 Å². The van der Waals surface area contributed by atoms with Crippen molar-refractivity contribution >= 4 is 29.4 Å². The third kappa shape index (κ3) is 2.96. The molecular weight excluding hydrogens is 344 g/mol. The molecule has 27 heavy (non-hydrogen) atoms. The largest absolute Gasteiger partial charge is 0.495 e. The molecule has 0 aromatic heterocycles. The fourth-order valence-corrected chi connectivity index (χ4v) is 3.74. The van der Waals surface area contributed by atoms with Crippen molar-refractivity contribution in [3.8, 4) is 5.75 Å². The summed E-state index contributed by atoms with van der Waals surface area (Å²) in [7, 11) is 1.48. The first-order valence-corrected chi connectivity index (χ1v) is 8.69. The van der Waals surface area contributed by atoms with Crippen LogP contribution in [-0.4, -0.2) is 37.7 Å². The van der Waals surface area contributed by atoms with E-state index in [1.807, 2.05) is 24.4 Å². The number of para-hydroxylation sites is 1. The lowest BCUT2D eigenvalue weighted by molar-refractivity contribution is -0.117. The highest BCUT2D eigenvalue weighted by atomic mass is 16.5. The third-order valence-corrected chi connectivity index (χ3v) is 5.18. The van der Waals surface area contributed by atoms with Gasteiger partial charge < -0.3 is 21.1 Å². The minimum absolute atomic E-state index is 0.158. The van der Waals surface area contributed by atoms with Crippen molar-refractivity contribution in [2.45, 2.75) is 17.9 Å². The van der Waals surface area contributed by atoms with Gasteiger partial charge >= 0.3 is 0 Å². The molecule has 2 aromatic rings. The van der Waals surface area contributed by atoms with Crippen molar-refractivity contribution < 1.29 is 14.3 Å². The zero-order valence-corrected chi connectivity index (χ0v) is 14.9. The average molecular weight is 364 g/mol. The van der Waals surface area contributed by atoms with E-state index in [-0.39, 0.29) is 17.4 Å². The van der Waals surface area contributed by atoms with Crippen molar-refractivity contribution in [3.63, 3.8) is 0 Å². The van der Waals surface area contributed by atoms with Crippen LogP contribution in [0.15, 0.2) is 47.5 Å². The number of nitrogens with two attached hydrogens (primary N) is 1. The van der Waals surface area contributed by atoms with E-state index in [9.17, 15) is 9.59 Å². The predicted octanol–water partition coefficient (Wildman–Crippen LogP) is 1.75. The van der Waals surface area contributed by atoms with Crippen LogP contribution >= 0.6 is 0 Å². The van der Waals surface area contributed by atoms with E-state index in [4.69, 9.17) is 10.5 Å². The molecule has 138 valence electrons. The number of anilines is 1. The summed E-state index contributed by atoms with van der Waals surface area (Å²) >= 11 is 0. The average Bonchev–Trinajstić information content (AvgIpc) is 3.27. The van der Waals surface area contributed by atoms with Gasteiger partial charge in [0.1, 0.15) is 5.75 Å². The van der Waals surface area contributed by atoms with Gasteiger partial charge in [0.25, 0.3) is 0 Å². The maximum atomic E-state index is 12.8. The molecule has 2 heterocycles. The van der Waals surface area contributed by atoms with Gasteiger partial charge in [-0.2, -0.15) is 0 Å². The number of amides is 2. The first-order chi connectivity index (χ1) is 13.0. The maximum absolute atomic E-state index is 12.8. The molecule has 7 nitrogen and oxygen atoms in total. The summed E-state index contributed by atoms with van der Waals surface area (Å²) in [5.74, 6) is -0.320. The zero-order chi connectivity index (χ0) is 19.0. The van der Waals surface area contributed by atoms with Gasteiger partial charge in [-0.1, -0.05) is 18.2 Å². The smallest absolute Gasteiger partial charge is 0.248 e. The lowest BCUT2D eigenvalue weighted by Crippen LogP contribution is -2.35. The molecule has 2 aromatic carbocycles. The molecule has 1 spiro atoms. The number of benzene rings is 2. The van der Waals surface area contributed by atoms with E-state index in [0.29, 0.717) is 30.0 Å². The zero-order valence-electron chi connectivity index (χ0n) is 14.9. The number of hydrogen-bond acceptors (Lipinski definition) is 5. The summed E-state index contributed by atoms with van der Waals surface area (Å²) in [4.78, 5) is 28.6. The lowest BCUT2D eigenvalue weighted by Gasteiger charge is -2.20. The summed E-state index contributed by atoms with van der Waals surface area (Å²) in [6.45, 7) is 0.656. The number of nitrogens with zero attached hydrogens (tertiary/aromatic N) is 1. The van der Waals surface area contributed by atoms with Gasteiger partial charge in [-0.3, -0.25) is 14.6 Å². The van der Waals surface area contributed by atoms with Crippen molar-refractivity contribution in [1.29, 1.82) is 0 Å². The molecule has 0 saturated carbocycles. The van der Waals surface area contributed by atoms with Crippen LogP contribution in [0.4, 0.5) is 11.4 Å². The Morgan fingerprint density at radius 2 is 2.11 bits per heavy atom. The second-order valence-electron chi connectivity index (χ2n) is 6.84. The van der Waals surface area contributed by atoms with Gasteiger partial charge in [0.2, 0.25) is 11.8 Å². The quantitative estimate of drug-likeness (QED) is 0.768. The Kier molecular flexibility index (Phi) is 4.16.